The summed E-state index contributed by atoms with van der Waals surface area (Å²) >= 11 is 1.25. The van der Waals surface area contributed by atoms with Crippen molar-refractivity contribution >= 4 is 33.8 Å². The van der Waals surface area contributed by atoms with Crippen LogP contribution in [0.3, 0.4) is 0 Å². The molecule has 0 bridgehead atoms. The van der Waals surface area contributed by atoms with Crippen LogP contribution in [0, 0.1) is 0 Å². The number of hydrogen-bond donors (Lipinski definition) is 1. The van der Waals surface area contributed by atoms with Crippen LogP contribution in [0.4, 0.5) is 10.7 Å². The molecule has 0 aromatic carbocycles. The Hall–Kier alpha value is -1.60. The molecule has 1 saturated heterocycles. The Morgan fingerprint density at radius 3 is 2.81 bits per heavy atom. The second-order valence-electron chi connectivity index (χ2n) is 4.92. The van der Waals surface area contributed by atoms with Crippen molar-refractivity contribution in [2.24, 2.45) is 0 Å². The fourth-order valence-electron chi connectivity index (χ4n) is 2.37. The van der Waals surface area contributed by atoms with Crippen molar-refractivity contribution in [2.45, 2.75) is 26.4 Å². The zero-order valence-electron chi connectivity index (χ0n) is 12.5. The molecule has 6 nitrogen and oxygen atoms in total. The Balaban J connectivity index is 2.44. The van der Waals surface area contributed by atoms with Crippen LogP contribution in [-0.2, 0) is 9.47 Å². The number of rotatable bonds is 4. The average molecular weight is 312 g/mol. The molecule has 0 radical (unpaired) electrons. The van der Waals surface area contributed by atoms with Crippen molar-refractivity contribution < 1.29 is 19.1 Å². The average Bonchev–Trinajstić information content (AvgIpc) is 2.84. The maximum atomic E-state index is 12.0. The lowest BCUT2D eigenvalue weighted by Gasteiger charge is -2.33. The maximum Gasteiger partial charge on any atom is 0.343 e. The van der Waals surface area contributed by atoms with Gasteiger partial charge in [0.05, 0.1) is 30.4 Å². The van der Waals surface area contributed by atoms with E-state index in [4.69, 9.17) is 15.2 Å². The van der Waals surface area contributed by atoms with E-state index in [9.17, 15) is 9.59 Å². The Morgan fingerprint density at radius 1 is 1.52 bits per heavy atom. The summed E-state index contributed by atoms with van der Waals surface area (Å²) in [5.41, 5.74) is 6.50. The molecular weight excluding hydrogens is 292 g/mol. The van der Waals surface area contributed by atoms with Gasteiger partial charge in [-0.25, -0.2) is 4.79 Å². The molecule has 2 rings (SSSR count). The summed E-state index contributed by atoms with van der Waals surface area (Å²) in [5.74, 6) is -0.653. The molecular formula is C14H20N2O4S. The zero-order chi connectivity index (χ0) is 15.6. The van der Waals surface area contributed by atoms with Gasteiger partial charge in [-0.3, -0.25) is 4.79 Å². The summed E-state index contributed by atoms with van der Waals surface area (Å²) in [5, 5.41) is 0.700. The molecule has 1 aromatic heterocycles. The van der Waals surface area contributed by atoms with Crippen LogP contribution in [0.2, 0.25) is 0 Å². The first-order valence-electron chi connectivity index (χ1n) is 6.87. The number of ether oxygens (including phenoxy) is 2. The fourth-order valence-corrected chi connectivity index (χ4v) is 3.51. The Morgan fingerprint density at radius 2 is 2.24 bits per heavy atom. The fraction of sp³-hybridized carbons (Fsp3) is 0.571. The van der Waals surface area contributed by atoms with Crippen LogP contribution >= 0.6 is 11.3 Å². The third-order valence-electron chi connectivity index (χ3n) is 3.52. The van der Waals surface area contributed by atoms with Gasteiger partial charge in [0.1, 0.15) is 10.6 Å². The van der Waals surface area contributed by atoms with Crippen molar-refractivity contribution in [3.05, 3.63) is 10.4 Å². The van der Waals surface area contributed by atoms with Gasteiger partial charge in [-0.05, 0) is 6.42 Å². The van der Waals surface area contributed by atoms with Gasteiger partial charge >= 0.3 is 5.97 Å². The molecule has 2 heterocycles. The number of thiophene rings is 1. The van der Waals surface area contributed by atoms with E-state index >= 15 is 0 Å². The summed E-state index contributed by atoms with van der Waals surface area (Å²) in [6.45, 7) is 5.43. The summed E-state index contributed by atoms with van der Waals surface area (Å²) in [6, 6.07) is 0. The molecule has 0 saturated carbocycles. The van der Waals surface area contributed by atoms with Crippen molar-refractivity contribution in [3.8, 4) is 0 Å². The second kappa shape index (κ2) is 6.44. The zero-order valence-corrected chi connectivity index (χ0v) is 13.3. The molecule has 0 amide bonds. The highest BCUT2D eigenvalue weighted by atomic mass is 32.1. The summed E-state index contributed by atoms with van der Waals surface area (Å²) < 4.78 is 10.5. The lowest BCUT2D eigenvalue weighted by Crippen LogP contribution is -2.42. The van der Waals surface area contributed by atoms with E-state index in [1.807, 2.05) is 0 Å². The van der Waals surface area contributed by atoms with E-state index in [-0.39, 0.29) is 17.6 Å². The third kappa shape index (κ3) is 3.03. The van der Waals surface area contributed by atoms with Gasteiger partial charge in [-0.1, -0.05) is 6.92 Å². The van der Waals surface area contributed by atoms with E-state index < -0.39 is 5.97 Å². The normalized spacial score (nSPS) is 18.6. The van der Waals surface area contributed by atoms with E-state index in [0.717, 1.165) is 6.42 Å². The highest BCUT2D eigenvalue weighted by molar-refractivity contribution is 7.19. The molecule has 7 heteroatoms. The number of hydrogen-bond acceptors (Lipinski definition) is 7. The number of nitrogens with zero attached hydrogens (tertiary/aromatic N) is 1. The first kappa shape index (κ1) is 15.8. The molecule has 21 heavy (non-hydrogen) atoms. The van der Waals surface area contributed by atoms with Gasteiger partial charge in [-0.15, -0.1) is 11.3 Å². The molecule has 2 N–H and O–H groups in total. The number of nitrogen functional groups attached to an aromatic ring is 1. The molecule has 1 fully saturated rings. The van der Waals surface area contributed by atoms with Gasteiger partial charge in [0.2, 0.25) is 0 Å². The number of ketones is 1. The summed E-state index contributed by atoms with van der Waals surface area (Å²) in [4.78, 5) is 26.2. The predicted molar refractivity (Wildman–Crippen MR) is 82.3 cm³/mol. The number of methoxy groups -OCH3 is 1. The van der Waals surface area contributed by atoms with E-state index in [2.05, 4.69) is 11.8 Å². The number of Topliss-reactive ketones (excluding diaryl/α,β-unsaturated/α-hetero) is 1. The molecule has 1 aliphatic heterocycles. The number of anilines is 2. The number of carbonyl (C=O) groups is 2. The Kier molecular flexibility index (Phi) is 4.84. The van der Waals surface area contributed by atoms with Crippen LogP contribution < -0.4 is 10.6 Å². The number of carbonyl (C=O) groups excluding carboxylic acids is 2. The molecule has 1 aliphatic rings. The minimum absolute atomic E-state index is 0.119. The van der Waals surface area contributed by atoms with Crippen molar-refractivity contribution in [2.75, 3.05) is 37.4 Å². The molecule has 1 atom stereocenters. The lowest BCUT2D eigenvalue weighted by atomic mass is 10.1. The third-order valence-corrected chi connectivity index (χ3v) is 4.88. The smallest absolute Gasteiger partial charge is 0.343 e. The topological polar surface area (TPSA) is 81.9 Å². The highest BCUT2D eigenvalue weighted by Crippen LogP contribution is 2.39. The van der Waals surface area contributed by atoms with Gasteiger partial charge < -0.3 is 20.1 Å². The molecule has 1 aromatic rings. The lowest BCUT2D eigenvalue weighted by molar-refractivity contribution is 0.0383. The van der Waals surface area contributed by atoms with Gasteiger partial charge in [0, 0.05) is 20.0 Å². The SMILES string of the molecule is CCC1CN(c2sc(C(C)=O)c(N)c2C(=O)OC)CCO1. The van der Waals surface area contributed by atoms with Crippen LogP contribution in [0.25, 0.3) is 0 Å². The van der Waals surface area contributed by atoms with Crippen LogP contribution in [-0.4, -0.2) is 44.7 Å². The quantitative estimate of drug-likeness (QED) is 0.676. The number of esters is 1. The summed E-state index contributed by atoms with van der Waals surface area (Å²) in [6.07, 6.45) is 1.01. The minimum Gasteiger partial charge on any atom is -0.465 e. The van der Waals surface area contributed by atoms with Gasteiger partial charge in [-0.2, -0.15) is 0 Å². The van der Waals surface area contributed by atoms with E-state index in [0.29, 0.717) is 35.1 Å². The molecule has 0 aliphatic carbocycles. The second-order valence-corrected chi connectivity index (χ2v) is 5.92. The molecule has 0 spiro atoms. The van der Waals surface area contributed by atoms with Crippen LogP contribution in [0.5, 0.6) is 0 Å². The van der Waals surface area contributed by atoms with Gasteiger partial charge in [0.25, 0.3) is 0 Å². The Bertz CT molecular complexity index is 555. The van der Waals surface area contributed by atoms with Gasteiger partial charge in [0.15, 0.2) is 5.78 Å². The monoisotopic (exact) mass is 312 g/mol. The van der Waals surface area contributed by atoms with E-state index in [1.165, 1.54) is 25.4 Å². The number of morpholine rings is 1. The summed E-state index contributed by atoms with van der Waals surface area (Å²) in [7, 11) is 1.31. The van der Waals surface area contributed by atoms with Crippen molar-refractivity contribution in [3.63, 3.8) is 0 Å². The van der Waals surface area contributed by atoms with Crippen LogP contribution in [0.1, 0.15) is 40.3 Å². The first-order chi connectivity index (χ1) is 9.99. The largest absolute Gasteiger partial charge is 0.465 e. The van der Waals surface area contributed by atoms with Crippen LogP contribution in [0.15, 0.2) is 0 Å². The Labute approximate surface area is 127 Å². The minimum atomic E-state index is -0.509. The highest BCUT2D eigenvalue weighted by Gasteiger charge is 2.30. The molecule has 1 unspecified atom stereocenters. The predicted octanol–water partition coefficient (Wildman–Crippen LogP) is 1.93. The first-order valence-corrected chi connectivity index (χ1v) is 7.69. The van der Waals surface area contributed by atoms with Crippen molar-refractivity contribution in [1.82, 2.24) is 0 Å². The standard InChI is InChI=1S/C14H20N2O4S/c1-4-9-7-16(5-6-20-9)13-10(14(18)19-3)11(15)12(21-13)8(2)17/h9H,4-7,15H2,1-3H3. The molecule has 116 valence electrons. The van der Waals surface area contributed by atoms with Crippen molar-refractivity contribution in [1.29, 1.82) is 0 Å². The number of nitrogens with two attached hydrogens (primary N) is 1. The maximum absolute atomic E-state index is 12.0. The van der Waals surface area contributed by atoms with E-state index in [1.54, 1.807) is 0 Å².